The van der Waals surface area contributed by atoms with Gasteiger partial charge in [0.25, 0.3) is 10.0 Å². The van der Waals surface area contributed by atoms with Crippen molar-refractivity contribution in [2.24, 2.45) is 0 Å². The summed E-state index contributed by atoms with van der Waals surface area (Å²) >= 11 is 1.83. The molecule has 7 heteroatoms. The maximum Gasteiger partial charge on any atom is 0.264 e. The first kappa shape index (κ1) is 26.8. The van der Waals surface area contributed by atoms with E-state index in [0.717, 1.165) is 34.6 Å². The molecule has 0 atom stereocenters. The van der Waals surface area contributed by atoms with Crippen LogP contribution in [0.2, 0.25) is 0 Å². The van der Waals surface area contributed by atoms with Gasteiger partial charge in [-0.1, -0.05) is 54.1 Å². The second-order valence-electron chi connectivity index (χ2n) is 8.73. The number of aryl methyl sites for hydroxylation is 3. The van der Waals surface area contributed by atoms with Crippen molar-refractivity contribution in [3.8, 4) is 0 Å². The van der Waals surface area contributed by atoms with Crippen molar-refractivity contribution >= 4 is 33.4 Å². The van der Waals surface area contributed by atoms with E-state index in [1.54, 1.807) is 30.3 Å². The molecule has 186 valence electrons. The van der Waals surface area contributed by atoms with Crippen molar-refractivity contribution in [3.05, 3.63) is 94.5 Å². The van der Waals surface area contributed by atoms with Gasteiger partial charge in [-0.2, -0.15) is 11.8 Å². The summed E-state index contributed by atoms with van der Waals surface area (Å²) < 4.78 is 28.4. The van der Waals surface area contributed by atoms with Gasteiger partial charge in [-0.25, -0.2) is 8.42 Å². The van der Waals surface area contributed by atoms with Crippen LogP contribution in [0.1, 0.15) is 34.2 Å². The standard InChI is InChI=1S/C28H34N2O3S2/c1-21-13-15-26(16-14-21)35(32,33)30(27-12-7-10-22(2)24(27)4)19-28(31)29-17-8-18-34-20-25-11-6-5-9-23(25)3/h5-7,9-16H,8,17-20H2,1-4H3,(H,29,31). The zero-order valence-corrected chi connectivity index (χ0v) is 22.5. The fourth-order valence-electron chi connectivity index (χ4n) is 3.69. The Labute approximate surface area is 214 Å². The molecule has 3 rings (SSSR count). The summed E-state index contributed by atoms with van der Waals surface area (Å²) in [6.07, 6.45) is 0.816. The minimum absolute atomic E-state index is 0.171. The van der Waals surface area contributed by atoms with E-state index in [4.69, 9.17) is 0 Å². The lowest BCUT2D eigenvalue weighted by molar-refractivity contribution is -0.119. The average molecular weight is 511 g/mol. The van der Waals surface area contributed by atoms with Crippen molar-refractivity contribution in [3.63, 3.8) is 0 Å². The number of amides is 1. The van der Waals surface area contributed by atoms with Gasteiger partial charge < -0.3 is 5.32 Å². The lowest BCUT2D eigenvalue weighted by Crippen LogP contribution is -2.41. The Morgan fingerprint density at radius 1 is 0.886 bits per heavy atom. The van der Waals surface area contributed by atoms with Crippen LogP contribution in [0.3, 0.4) is 0 Å². The number of sulfonamides is 1. The summed E-state index contributed by atoms with van der Waals surface area (Å²) in [5.41, 5.74) is 5.91. The molecule has 0 fully saturated rings. The Morgan fingerprint density at radius 2 is 1.57 bits per heavy atom. The van der Waals surface area contributed by atoms with E-state index in [0.29, 0.717) is 12.2 Å². The number of benzene rings is 3. The largest absolute Gasteiger partial charge is 0.354 e. The summed E-state index contributed by atoms with van der Waals surface area (Å²) in [4.78, 5) is 13.0. The van der Waals surface area contributed by atoms with E-state index in [1.165, 1.54) is 15.4 Å². The summed E-state index contributed by atoms with van der Waals surface area (Å²) in [6, 6.07) is 20.6. The van der Waals surface area contributed by atoms with Gasteiger partial charge in [0.1, 0.15) is 6.54 Å². The van der Waals surface area contributed by atoms with Crippen LogP contribution in [-0.4, -0.2) is 33.2 Å². The van der Waals surface area contributed by atoms with Crippen LogP contribution in [0.15, 0.2) is 71.6 Å². The number of nitrogens with one attached hydrogen (secondary N) is 1. The van der Waals surface area contributed by atoms with E-state index in [2.05, 4.69) is 30.4 Å². The van der Waals surface area contributed by atoms with Gasteiger partial charge in [-0.15, -0.1) is 0 Å². The predicted molar refractivity (Wildman–Crippen MR) is 147 cm³/mol. The Hall–Kier alpha value is -2.77. The van der Waals surface area contributed by atoms with Gasteiger partial charge in [-0.05, 0) is 80.3 Å². The summed E-state index contributed by atoms with van der Waals surface area (Å²) in [5, 5.41) is 2.90. The van der Waals surface area contributed by atoms with E-state index in [-0.39, 0.29) is 17.3 Å². The highest BCUT2D eigenvalue weighted by atomic mass is 32.2. The van der Waals surface area contributed by atoms with Crippen molar-refractivity contribution < 1.29 is 13.2 Å². The lowest BCUT2D eigenvalue weighted by Gasteiger charge is -2.26. The number of carbonyl (C=O) groups excluding carboxylic acids is 1. The molecule has 0 radical (unpaired) electrons. The first-order valence-corrected chi connectivity index (χ1v) is 14.3. The van der Waals surface area contributed by atoms with Gasteiger partial charge in [0, 0.05) is 12.3 Å². The minimum atomic E-state index is -3.91. The molecule has 0 unspecified atom stereocenters. The molecule has 0 saturated heterocycles. The molecule has 35 heavy (non-hydrogen) atoms. The lowest BCUT2D eigenvalue weighted by atomic mass is 10.1. The van der Waals surface area contributed by atoms with Gasteiger partial charge in [-0.3, -0.25) is 9.10 Å². The number of rotatable bonds is 11. The second-order valence-corrected chi connectivity index (χ2v) is 11.7. The molecule has 0 aromatic heterocycles. The van der Waals surface area contributed by atoms with Crippen molar-refractivity contribution in [1.29, 1.82) is 0 Å². The fourth-order valence-corrected chi connectivity index (χ4v) is 6.20. The Kier molecular flexibility index (Phi) is 9.40. The monoisotopic (exact) mass is 510 g/mol. The molecule has 0 heterocycles. The number of thioether (sulfide) groups is 1. The van der Waals surface area contributed by atoms with Crippen LogP contribution in [-0.2, 0) is 20.6 Å². The minimum Gasteiger partial charge on any atom is -0.354 e. The number of hydrogen-bond acceptors (Lipinski definition) is 4. The summed E-state index contributed by atoms with van der Waals surface area (Å²) in [5.74, 6) is 1.54. The SMILES string of the molecule is Cc1ccc(S(=O)(=O)N(CC(=O)NCCCSCc2ccccc2C)c2cccc(C)c2C)cc1. The zero-order valence-electron chi connectivity index (χ0n) is 20.9. The van der Waals surface area contributed by atoms with Crippen LogP contribution >= 0.6 is 11.8 Å². The smallest absolute Gasteiger partial charge is 0.264 e. The van der Waals surface area contributed by atoms with Crippen molar-refractivity contribution in [2.45, 2.75) is 44.8 Å². The second kappa shape index (κ2) is 12.3. The maximum atomic E-state index is 13.6. The van der Waals surface area contributed by atoms with E-state index >= 15 is 0 Å². The van der Waals surface area contributed by atoms with Crippen LogP contribution in [0.5, 0.6) is 0 Å². The fraction of sp³-hybridized carbons (Fsp3) is 0.321. The van der Waals surface area contributed by atoms with Crippen LogP contribution in [0, 0.1) is 27.7 Å². The first-order valence-electron chi connectivity index (χ1n) is 11.7. The molecular formula is C28H34N2O3S2. The van der Waals surface area contributed by atoms with Gasteiger partial charge in [0.2, 0.25) is 5.91 Å². The molecule has 3 aromatic carbocycles. The zero-order chi connectivity index (χ0) is 25.4. The molecule has 0 bridgehead atoms. The molecule has 0 aliphatic heterocycles. The third-order valence-electron chi connectivity index (χ3n) is 6.05. The van der Waals surface area contributed by atoms with Gasteiger partial charge in [0.05, 0.1) is 10.6 Å². The molecular weight excluding hydrogens is 476 g/mol. The average Bonchev–Trinajstić information content (AvgIpc) is 2.83. The van der Waals surface area contributed by atoms with Crippen LogP contribution in [0.25, 0.3) is 0 Å². The number of hydrogen-bond donors (Lipinski definition) is 1. The molecule has 0 spiro atoms. The Morgan fingerprint density at radius 3 is 2.29 bits per heavy atom. The Balaban J connectivity index is 1.64. The molecule has 0 aliphatic carbocycles. The normalized spacial score (nSPS) is 11.3. The quantitative estimate of drug-likeness (QED) is 0.343. The summed E-state index contributed by atoms with van der Waals surface area (Å²) in [6.45, 7) is 8.08. The first-order chi connectivity index (χ1) is 16.7. The van der Waals surface area contributed by atoms with Crippen molar-refractivity contribution in [2.75, 3.05) is 23.1 Å². The summed E-state index contributed by atoms with van der Waals surface area (Å²) in [7, 11) is -3.91. The third-order valence-corrected chi connectivity index (χ3v) is 8.91. The molecule has 5 nitrogen and oxygen atoms in total. The molecule has 0 saturated carbocycles. The van der Waals surface area contributed by atoms with E-state index < -0.39 is 10.0 Å². The third kappa shape index (κ3) is 7.12. The number of nitrogens with zero attached hydrogens (tertiary/aromatic N) is 1. The van der Waals surface area contributed by atoms with Crippen molar-refractivity contribution in [1.82, 2.24) is 5.32 Å². The highest BCUT2D eigenvalue weighted by Gasteiger charge is 2.28. The predicted octanol–water partition coefficient (Wildman–Crippen LogP) is 5.56. The van der Waals surface area contributed by atoms with Gasteiger partial charge >= 0.3 is 0 Å². The van der Waals surface area contributed by atoms with Gasteiger partial charge in [0.15, 0.2) is 0 Å². The maximum absolute atomic E-state index is 13.6. The van der Waals surface area contributed by atoms with E-state index in [9.17, 15) is 13.2 Å². The Bertz CT molecular complexity index is 1260. The van der Waals surface area contributed by atoms with E-state index in [1.807, 2.05) is 50.7 Å². The number of carbonyl (C=O) groups is 1. The highest BCUT2D eigenvalue weighted by molar-refractivity contribution is 7.98. The topological polar surface area (TPSA) is 66.5 Å². The van der Waals surface area contributed by atoms with Crippen LogP contribution < -0.4 is 9.62 Å². The van der Waals surface area contributed by atoms with Crippen LogP contribution in [0.4, 0.5) is 5.69 Å². The highest BCUT2D eigenvalue weighted by Crippen LogP contribution is 2.28. The molecule has 1 N–H and O–H groups in total. The molecule has 0 aliphatic rings. The molecule has 3 aromatic rings. The number of anilines is 1. The molecule has 1 amide bonds.